The maximum Gasteiger partial charge on any atom is 0.255 e. The topological polar surface area (TPSA) is 69.3 Å². The molecule has 0 aliphatic carbocycles. The Hall–Kier alpha value is -1.99. The van der Waals surface area contributed by atoms with Gasteiger partial charge in [0, 0.05) is 42.8 Å². The summed E-state index contributed by atoms with van der Waals surface area (Å²) in [7, 11) is 2.12. The largest absolute Gasteiger partial charge is 0.338 e. The van der Waals surface area contributed by atoms with Crippen molar-refractivity contribution >= 4 is 17.2 Å². The quantitative estimate of drug-likeness (QED) is 0.886. The highest BCUT2D eigenvalue weighted by Gasteiger charge is 2.28. The molecular weight excluding hydrogens is 336 g/mol. The Labute approximate surface area is 151 Å². The van der Waals surface area contributed by atoms with Crippen LogP contribution in [0.1, 0.15) is 33.0 Å². The smallest absolute Gasteiger partial charge is 0.255 e. The van der Waals surface area contributed by atoms with Gasteiger partial charge in [0.2, 0.25) is 5.56 Å². The molecule has 1 amide bonds. The molecule has 0 aromatic carbocycles. The van der Waals surface area contributed by atoms with E-state index in [0.717, 1.165) is 38.3 Å². The summed E-state index contributed by atoms with van der Waals surface area (Å²) in [5.74, 6) is 0.488. The van der Waals surface area contributed by atoms with Crippen LogP contribution < -0.4 is 5.56 Å². The Morgan fingerprint density at radius 3 is 2.92 bits per heavy atom. The van der Waals surface area contributed by atoms with E-state index in [0.29, 0.717) is 17.2 Å². The highest BCUT2D eigenvalue weighted by Crippen LogP contribution is 2.21. The number of rotatable bonds is 5. The predicted molar refractivity (Wildman–Crippen MR) is 99.0 cm³/mol. The van der Waals surface area contributed by atoms with Gasteiger partial charge in [-0.1, -0.05) is 0 Å². The van der Waals surface area contributed by atoms with Crippen LogP contribution in [0.3, 0.4) is 0 Å². The summed E-state index contributed by atoms with van der Waals surface area (Å²) >= 11 is 1.69. The van der Waals surface area contributed by atoms with E-state index in [2.05, 4.69) is 21.9 Å². The number of thiazole rings is 1. The van der Waals surface area contributed by atoms with Crippen LogP contribution >= 0.6 is 11.3 Å². The Bertz CT molecular complexity index is 813. The summed E-state index contributed by atoms with van der Waals surface area (Å²) in [5.41, 5.74) is 4.05. The van der Waals surface area contributed by atoms with Crippen LogP contribution in [0.15, 0.2) is 22.4 Å². The van der Waals surface area contributed by atoms with Gasteiger partial charge >= 0.3 is 0 Å². The standard InChI is InChI=1S/C18H24N4O2S/c1-12-15(4-5-17(23)20-12)18(24)22-7-6-14(9-22)8-21(3)10-16-13(2)19-11-25-16/h4-5,11,14H,6-10H2,1-3H3,(H,20,23)/t14-/m1/s1. The Kier molecular flexibility index (Phi) is 5.34. The van der Waals surface area contributed by atoms with Gasteiger partial charge in [0.25, 0.3) is 5.91 Å². The molecule has 1 aliphatic heterocycles. The summed E-state index contributed by atoms with van der Waals surface area (Å²) < 4.78 is 0. The SMILES string of the molecule is Cc1ncsc1CN(C)C[C@H]1CCN(C(=O)c2ccc(=O)[nH]c2C)C1. The molecule has 0 unspecified atom stereocenters. The lowest BCUT2D eigenvalue weighted by Gasteiger charge is -2.21. The summed E-state index contributed by atoms with van der Waals surface area (Å²) in [6, 6.07) is 3.04. The molecule has 2 aromatic heterocycles. The molecule has 3 heterocycles. The maximum atomic E-state index is 12.7. The first-order valence-corrected chi connectivity index (χ1v) is 9.38. The Morgan fingerprint density at radius 2 is 2.24 bits per heavy atom. The van der Waals surface area contributed by atoms with Gasteiger partial charge in [-0.25, -0.2) is 4.98 Å². The molecule has 0 spiro atoms. The van der Waals surface area contributed by atoms with E-state index < -0.39 is 0 Å². The molecule has 134 valence electrons. The van der Waals surface area contributed by atoms with Crippen molar-refractivity contribution in [3.8, 4) is 0 Å². The zero-order valence-electron chi connectivity index (χ0n) is 14.9. The molecule has 0 radical (unpaired) electrons. The van der Waals surface area contributed by atoms with E-state index in [9.17, 15) is 9.59 Å². The van der Waals surface area contributed by atoms with Crippen molar-refractivity contribution in [2.24, 2.45) is 5.92 Å². The second-order valence-corrected chi connectivity index (χ2v) is 7.76. The number of aromatic amines is 1. The number of likely N-dealkylation sites (tertiary alicyclic amines) is 1. The van der Waals surface area contributed by atoms with Crippen LogP contribution in [0.4, 0.5) is 0 Å². The zero-order valence-corrected chi connectivity index (χ0v) is 15.7. The van der Waals surface area contributed by atoms with E-state index in [1.807, 2.05) is 17.3 Å². The first kappa shape index (κ1) is 17.8. The van der Waals surface area contributed by atoms with Crippen molar-refractivity contribution in [3.05, 3.63) is 49.8 Å². The van der Waals surface area contributed by atoms with Crippen LogP contribution in [-0.4, -0.2) is 52.4 Å². The molecule has 1 saturated heterocycles. The molecule has 0 bridgehead atoms. The van der Waals surface area contributed by atoms with Crippen molar-refractivity contribution in [3.63, 3.8) is 0 Å². The minimum absolute atomic E-state index is 0.0113. The number of pyridine rings is 1. The number of aromatic nitrogens is 2. The monoisotopic (exact) mass is 360 g/mol. The van der Waals surface area contributed by atoms with E-state index in [1.165, 1.54) is 10.9 Å². The maximum absolute atomic E-state index is 12.7. The number of aryl methyl sites for hydroxylation is 2. The molecule has 1 fully saturated rings. The van der Waals surface area contributed by atoms with Crippen molar-refractivity contribution in [1.82, 2.24) is 19.8 Å². The lowest BCUT2D eigenvalue weighted by atomic mass is 10.1. The number of hydrogen-bond acceptors (Lipinski definition) is 5. The first-order chi connectivity index (χ1) is 11.9. The van der Waals surface area contributed by atoms with Crippen LogP contribution in [0.25, 0.3) is 0 Å². The Balaban J connectivity index is 1.57. The molecule has 7 heteroatoms. The number of carbonyl (C=O) groups is 1. The number of amides is 1. The molecule has 1 N–H and O–H groups in total. The van der Waals surface area contributed by atoms with Crippen molar-refractivity contribution in [2.75, 3.05) is 26.7 Å². The fourth-order valence-corrected chi connectivity index (χ4v) is 4.23. The van der Waals surface area contributed by atoms with Crippen molar-refractivity contribution in [2.45, 2.75) is 26.8 Å². The van der Waals surface area contributed by atoms with Gasteiger partial charge in [0.05, 0.1) is 16.8 Å². The minimum atomic E-state index is -0.173. The van der Waals surface area contributed by atoms with Gasteiger partial charge in [-0.3, -0.25) is 9.59 Å². The van der Waals surface area contributed by atoms with Gasteiger partial charge in [-0.2, -0.15) is 0 Å². The second-order valence-electron chi connectivity index (χ2n) is 6.82. The fourth-order valence-electron chi connectivity index (χ4n) is 3.37. The highest BCUT2D eigenvalue weighted by molar-refractivity contribution is 7.09. The summed E-state index contributed by atoms with van der Waals surface area (Å²) in [4.78, 5) is 36.5. The summed E-state index contributed by atoms with van der Waals surface area (Å²) in [5, 5.41) is 0. The van der Waals surface area contributed by atoms with Crippen LogP contribution in [0.2, 0.25) is 0 Å². The van der Waals surface area contributed by atoms with E-state index in [4.69, 9.17) is 0 Å². The zero-order chi connectivity index (χ0) is 18.0. The van der Waals surface area contributed by atoms with E-state index >= 15 is 0 Å². The number of nitrogens with zero attached hydrogens (tertiary/aromatic N) is 3. The number of H-pyrrole nitrogens is 1. The van der Waals surface area contributed by atoms with Gasteiger partial charge < -0.3 is 14.8 Å². The van der Waals surface area contributed by atoms with E-state index in [-0.39, 0.29) is 11.5 Å². The molecular formula is C18H24N4O2S. The van der Waals surface area contributed by atoms with Crippen LogP contribution in [0.5, 0.6) is 0 Å². The molecule has 2 aromatic rings. The lowest BCUT2D eigenvalue weighted by Crippen LogP contribution is -2.32. The van der Waals surface area contributed by atoms with Crippen LogP contribution in [0, 0.1) is 19.8 Å². The lowest BCUT2D eigenvalue weighted by molar-refractivity contribution is 0.0783. The second kappa shape index (κ2) is 7.49. The van der Waals surface area contributed by atoms with Gasteiger partial charge in [0.1, 0.15) is 0 Å². The predicted octanol–water partition coefficient (Wildman–Crippen LogP) is 2.04. The average molecular weight is 360 g/mol. The summed E-state index contributed by atoms with van der Waals surface area (Å²) in [6.45, 7) is 7.22. The average Bonchev–Trinajstić information content (AvgIpc) is 3.16. The third-order valence-electron chi connectivity index (χ3n) is 4.75. The van der Waals surface area contributed by atoms with Crippen molar-refractivity contribution < 1.29 is 4.79 Å². The molecule has 1 atom stereocenters. The Morgan fingerprint density at radius 1 is 1.44 bits per heavy atom. The third kappa shape index (κ3) is 4.16. The third-order valence-corrected chi connectivity index (χ3v) is 5.67. The number of carbonyl (C=O) groups excluding carboxylic acids is 1. The van der Waals surface area contributed by atoms with Gasteiger partial charge in [-0.05, 0) is 39.3 Å². The first-order valence-electron chi connectivity index (χ1n) is 8.50. The van der Waals surface area contributed by atoms with Gasteiger partial charge in [0.15, 0.2) is 0 Å². The molecule has 25 heavy (non-hydrogen) atoms. The van der Waals surface area contributed by atoms with E-state index in [1.54, 1.807) is 24.3 Å². The minimum Gasteiger partial charge on any atom is -0.338 e. The van der Waals surface area contributed by atoms with Crippen LogP contribution in [-0.2, 0) is 6.54 Å². The highest BCUT2D eigenvalue weighted by atomic mass is 32.1. The summed E-state index contributed by atoms with van der Waals surface area (Å²) in [6.07, 6.45) is 1.01. The molecule has 6 nitrogen and oxygen atoms in total. The molecule has 1 aliphatic rings. The van der Waals surface area contributed by atoms with Gasteiger partial charge in [-0.15, -0.1) is 11.3 Å². The fraction of sp³-hybridized carbons (Fsp3) is 0.500. The number of nitrogens with one attached hydrogen (secondary N) is 1. The van der Waals surface area contributed by atoms with Crippen molar-refractivity contribution in [1.29, 1.82) is 0 Å². The normalized spacial score (nSPS) is 17.4. The molecule has 3 rings (SSSR count). The molecule has 0 saturated carbocycles. The number of hydrogen-bond donors (Lipinski definition) is 1.